The molecular formula is C20H22N2O6S. The summed E-state index contributed by atoms with van der Waals surface area (Å²) in [5, 5.41) is 2.69. The summed E-state index contributed by atoms with van der Waals surface area (Å²) >= 11 is 0. The van der Waals surface area contributed by atoms with Gasteiger partial charge < -0.3 is 14.8 Å². The van der Waals surface area contributed by atoms with Crippen LogP contribution in [0.1, 0.15) is 35.4 Å². The van der Waals surface area contributed by atoms with Gasteiger partial charge in [0, 0.05) is 24.4 Å². The molecule has 2 aromatic rings. The Labute approximate surface area is 169 Å². The van der Waals surface area contributed by atoms with Crippen LogP contribution in [0.2, 0.25) is 0 Å². The largest absolute Gasteiger partial charge is 0.453 e. The van der Waals surface area contributed by atoms with Crippen molar-refractivity contribution in [1.82, 2.24) is 4.72 Å². The van der Waals surface area contributed by atoms with E-state index in [-0.39, 0.29) is 29.9 Å². The van der Waals surface area contributed by atoms with E-state index >= 15 is 0 Å². The second-order valence-corrected chi connectivity index (χ2v) is 8.45. The second-order valence-electron chi connectivity index (χ2n) is 6.74. The molecule has 154 valence electrons. The monoisotopic (exact) mass is 418 g/mol. The van der Waals surface area contributed by atoms with Crippen molar-refractivity contribution < 1.29 is 27.5 Å². The fourth-order valence-electron chi connectivity index (χ4n) is 3.09. The zero-order valence-corrected chi connectivity index (χ0v) is 16.9. The maximum atomic E-state index is 12.3. The van der Waals surface area contributed by atoms with Crippen molar-refractivity contribution in [2.24, 2.45) is 0 Å². The minimum atomic E-state index is -3.69. The zero-order chi connectivity index (χ0) is 21.0. The van der Waals surface area contributed by atoms with Gasteiger partial charge in [-0.3, -0.25) is 4.79 Å². The maximum absolute atomic E-state index is 12.3. The number of cyclic esters (lactones) is 1. The van der Waals surface area contributed by atoms with Crippen molar-refractivity contribution in [2.45, 2.75) is 30.4 Å². The van der Waals surface area contributed by atoms with E-state index in [1.165, 1.54) is 31.4 Å². The van der Waals surface area contributed by atoms with Gasteiger partial charge in [-0.15, -0.1) is 0 Å². The minimum absolute atomic E-state index is 0.0289. The van der Waals surface area contributed by atoms with Crippen LogP contribution in [0.25, 0.3) is 0 Å². The van der Waals surface area contributed by atoms with Gasteiger partial charge in [0.1, 0.15) is 6.10 Å². The van der Waals surface area contributed by atoms with Gasteiger partial charge in [-0.1, -0.05) is 18.2 Å². The number of fused-ring (bicyclic) bond motifs is 1. The maximum Gasteiger partial charge on any atom is 0.339 e. The Bertz CT molecular complexity index is 1000. The molecular weight excluding hydrogens is 396 g/mol. The third-order valence-corrected chi connectivity index (χ3v) is 5.97. The highest BCUT2D eigenvalue weighted by Crippen LogP contribution is 2.33. The van der Waals surface area contributed by atoms with E-state index in [2.05, 4.69) is 10.0 Å². The number of rotatable bonds is 8. The van der Waals surface area contributed by atoms with Crippen LogP contribution in [-0.4, -0.2) is 40.1 Å². The van der Waals surface area contributed by atoms with E-state index < -0.39 is 22.1 Å². The van der Waals surface area contributed by atoms with E-state index in [9.17, 15) is 18.0 Å². The summed E-state index contributed by atoms with van der Waals surface area (Å²) in [5.41, 5.74) is 1.59. The Balaban J connectivity index is 1.62. The number of nitrogens with one attached hydrogen (secondary N) is 2. The molecule has 8 nitrogen and oxygen atoms in total. The van der Waals surface area contributed by atoms with Gasteiger partial charge in [-0.05, 0) is 37.3 Å². The first kappa shape index (κ1) is 21.0. The lowest BCUT2D eigenvalue weighted by molar-refractivity contribution is -0.118. The van der Waals surface area contributed by atoms with Gasteiger partial charge in [0.25, 0.3) is 0 Å². The Morgan fingerprint density at radius 2 is 1.86 bits per heavy atom. The molecule has 0 aromatic heterocycles. The summed E-state index contributed by atoms with van der Waals surface area (Å²) in [6.45, 7) is 1.95. The topological polar surface area (TPSA) is 111 Å². The molecule has 0 aliphatic carbocycles. The Morgan fingerprint density at radius 3 is 2.55 bits per heavy atom. The van der Waals surface area contributed by atoms with Crippen LogP contribution in [0.4, 0.5) is 5.69 Å². The zero-order valence-electron chi connectivity index (χ0n) is 16.0. The summed E-state index contributed by atoms with van der Waals surface area (Å²) in [4.78, 5) is 24.3. The van der Waals surface area contributed by atoms with Crippen LogP contribution in [0.5, 0.6) is 0 Å². The number of anilines is 1. The molecule has 0 saturated heterocycles. The molecule has 29 heavy (non-hydrogen) atoms. The first-order chi connectivity index (χ1) is 13.8. The molecule has 0 saturated carbocycles. The highest BCUT2D eigenvalue weighted by Gasteiger charge is 2.32. The third kappa shape index (κ3) is 5.00. The molecule has 9 heteroatoms. The minimum Gasteiger partial charge on any atom is -0.453 e. The number of amides is 1. The number of sulfonamides is 1. The van der Waals surface area contributed by atoms with Gasteiger partial charge in [0.05, 0.1) is 23.5 Å². The first-order valence-corrected chi connectivity index (χ1v) is 10.5. The summed E-state index contributed by atoms with van der Waals surface area (Å²) in [7, 11) is -2.19. The molecule has 1 heterocycles. The molecule has 0 radical (unpaired) electrons. The van der Waals surface area contributed by atoms with E-state index in [1.54, 1.807) is 31.2 Å². The molecule has 1 aliphatic heterocycles. The summed E-state index contributed by atoms with van der Waals surface area (Å²) < 4.78 is 37.3. The molecule has 3 rings (SSSR count). The van der Waals surface area contributed by atoms with Crippen molar-refractivity contribution in [1.29, 1.82) is 0 Å². The number of carbonyl (C=O) groups excluding carboxylic acids is 2. The third-order valence-electron chi connectivity index (χ3n) is 4.37. The molecule has 0 fully saturated rings. The van der Waals surface area contributed by atoms with Gasteiger partial charge in [-0.2, -0.15) is 0 Å². The SMILES string of the molecule is COC[C@H](C)NS(=O)(=O)c1ccc(NC(=O)C[C@H]2OC(=O)c3ccccc32)cc1. The molecule has 1 amide bonds. The lowest BCUT2D eigenvalue weighted by Gasteiger charge is -2.14. The predicted molar refractivity (Wildman–Crippen MR) is 106 cm³/mol. The van der Waals surface area contributed by atoms with Crippen LogP contribution in [0.15, 0.2) is 53.4 Å². The number of esters is 1. The van der Waals surface area contributed by atoms with Gasteiger partial charge in [0.15, 0.2) is 0 Å². The van der Waals surface area contributed by atoms with E-state index in [0.29, 0.717) is 16.8 Å². The van der Waals surface area contributed by atoms with Crippen molar-refractivity contribution in [3.05, 3.63) is 59.7 Å². The highest BCUT2D eigenvalue weighted by molar-refractivity contribution is 7.89. The predicted octanol–water partition coefficient (Wildman–Crippen LogP) is 2.24. The number of benzene rings is 2. The number of hydrogen-bond acceptors (Lipinski definition) is 6. The number of hydrogen-bond donors (Lipinski definition) is 2. The van der Waals surface area contributed by atoms with Gasteiger partial charge in [0.2, 0.25) is 15.9 Å². The van der Waals surface area contributed by atoms with Crippen LogP contribution in [-0.2, 0) is 24.3 Å². The molecule has 1 aliphatic rings. The standard InChI is InChI=1S/C20H22N2O6S/c1-13(12-27-2)22-29(25,26)15-9-7-14(8-10-15)21-19(23)11-18-16-5-3-4-6-17(16)20(24)28-18/h3-10,13,18,22H,11-12H2,1-2H3,(H,21,23)/t13-,18+/m0/s1. The van der Waals surface area contributed by atoms with E-state index in [1.807, 2.05) is 0 Å². The van der Waals surface area contributed by atoms with Crippen molar-refractivity contribution >= 4 is 27.6 Å². The van der Waals surface area contributed by atoms with Gasteiger partial charge in [-0.25, -0.2) is 17.9 Å². The van der Waals surface area contributed by atoms with Crippen LogP contribution in [0, 0.1) is 0 Å². The Hall–Kier alpha value is -2.75. The van der Waals surface area contributed by atoms with Crippen molar-refractivity contribution in [2.75, 3.05) is 19.0 Å². The Morgan fingerprint density at radius 1 is 1.17 bits per heavy atom. The van der Waals surface area contributed by atoms with Gasteiger partial charge >= 0.3 is 5.97 Å². The summed E-state index contributed by atoms with van der Waals surface area (Å²) in [5.74, 6) is -0.787. The quantitative estimate of drug-likeness (QED) is 0.636. The van der Waals surface area contributed by atoms with Crippen LogP contribution in [0.3, 0.4) is 0 Å². The fourth-order valence-corrected chi connectivity index (χ4v) is 4.31. The molecule has 2 aromatic carbocycles. The first-order valence-electron chi connectivity index (χ1n) is 9.01. The average Bonchev–Trinajstić information content (AvgIpc) is 2.98. The van der Waals surface area contributed by atoms with Crippen LogP contribution >= 0.6 is 0 Å². The molecule has 0 spiro atoms. The van der Waals surface area contributed by atoms with E-state index in [4.69, 9.17) is 9.47 Å². The smallest absolute Gasteiger partial charge is 0.339 e. The Kier molecular flexibility index (Phi) is 6.31. The molecule has 0 bridgehead atoms. The molecule has 2 atom stereocenters. The average molecular weight is 418 g/mol. The summed E-state index contributed by atoms with van der Waals surface area (Å²) in [6.07, 6.45) is -0.663. The highest BCUT2D eigenvalue weighted by atomic mass is 32.2. The fraction of sp³-hybridized carbons (Fsp3) is 0.300. The molecule has 2 N–H and O–H groups in total. The van der Waals surface area contributed by atoms with Crippen molar-refractivity contribution in [3.8, 4) is 0 Å². The van der Waals surface area contributed by atoms with Crippen molar-refractivity contribution in [3.63, 3.8) is 0 Å². The lowest BCUT2D eigenvalue weighted by Crippen LogP contribution is -2.35. The molecule has 0 unspecified atom stereocenters. The number of methoxy groups -OCH3 is 1. The second kappa shape index (κ2) is 8.73. The summed E-state index contributed by atoms with van der Waals surface area (Å²) in [6, 6.07) is 12.4. The number of ether oxygens (including phenoxy) is 2. The normalized spacial score (nSPS) is 16.8. The van der Waals surface area contributed by atoms with Crippen LogP contribution < -0.4 is 10.0 Å². The number of carbonyl (C=O) groups is 2. The van der Waals surface area contributed by atoms with E-state index in [0.717, 1.165) is 0 Å². The lowest BCUT2D eigenvalue weighted by atomic mass is 10.0.